The Labute approximate surface area is 89.5 Å². The van der Waals surface area contributed by atoms with Gasteiger partial charge in [0.15, 0.2) is 0 Å². The van der Waals surface area contributed by atoms with Gasteiger partial charge in [-0.2, -0.15) is 5.10 Å². The average Bonchev–Trinajstić information content (AvgIpc) is 2.66. The molecular formula is C12H15N3. The van der Waals surface area contributed by atoms with Crippen LogP contribution in [0.5, 0.6) is 0 Å². The summed E-state index contributed by atoms with van der Waals surface area (Å²) in [5.41, 5.74) is 7.08. The molecule has 0 aliphatic rings. The lowest BCUT2D eigenvalue weighted by molar-refractivity contribution is 0.550. The van der Waals surface area contributed by atoms with Crippen LogP contribution in [-0.4, -0.2) is 9.78 Å². The standard InChI is InChI=1S/C12H15N3/c1-10(11-5-3-2-4-6-11)9-15-12(13)7-8-14-15/h2-8,10H,9,13H2,1H3. The molecule has 3 nitrogen and oxygen atoms in total. The van der Waals surface area contributed by atoms with Gasteiger partial charge in [0, 0.05) is 12.5 Å². The molecule has 1 unspecified atom stereocenters. The summed E-state index contributed by atoms with van der Waals surface area (Å²) < 4.78 is 1.83. The van der Waals surface area contributed by atoms with Crippen molar-refractivity contribution in [1.29, 1.82) is 0 Å². The monoisotopic (exact) mass is 201 g/mol. The number of hydrogen-bond donors (Lipinski definition) is 1. The summed E-state index contributed by atoms with van der Waals surface area (Å²) in [6.45, 7) is 3.00. The van der Waals surface area contributed by atoms with Crippen LogP contribution in [0.3, 0.4) is 0 Å². The van der Waals surface area contributed by atoms with Gasteiger partial charge in [-0.15, -0.1) is 0 Å². The highest BCUT2D eigenvalue weighted by Gasteiger charge is 2.07. The number of hydrogen-bond acceptors (Lipinski definition) is 2. The number of aromatic nitrogens is 2. The zero-order chi connectivity index (χ0) is 10.7. The van der Waals surface area contributed by atoms with E-state index in [1.165, 1.54) is 5.56 Å². The fourth-order valence-electron chi connectivity index (χ4n) is 1.64. The Morgan fingerprint density at radius 2 is 2.00 bits per heavy atom. The highest BCUT2D eigenvalue weighted by Crippen LogP contribution is 2.17. The molecule has 0 spiro atoms. The number of benzene rings is 1. The minimum Gasteiger partial charge on any atom is -0.384 e. The molecule has 15 heavy (non-hydrogen) atoms. The van der Waals surface area contributed by atoms with E-state index in [1.54, 1.807) is 6.20 Å². The molecule has 0 radical (unpaired) electrons. The van der Waals surface area contributed by atoms with E-state index < -0.39 is 0 Å². The van der Waals surface area contributed by atoms with Crippen LogP contribution in [0.15, 0.2) is 42.6 Å². The Kier molecular flexibility index (Phi) is 2.72. The second kappa shape index (κ2) is 4.17. The first kappa shape index (κ1) is 9.77. The van der Waals surface area contributed by atoms with Crippen molar-refractivity contribution in [3.05, 3.63) is 48.2 Å². The summed E-state index contributed by atoms with van der Waals surface area (Å²) in [7, 11) is 0. The Hall–Kier alpha value is -1.77. The first-order valence-electron chi connectivity index (χ1n) is 5.09. The van der Waals surface area contributed by atoms with Crippen molar-refractivity contribution in [2.75, 3.05) is 5.73 Å². The smallest absolute Gasteiger partial charge is 0.121 e. The van der Waals surface area contributed by atoms with Crippen molar-refractivity contribution in [3.8, 4) is 0 Å². The maximum absolute atomic E-state index is 5.77. The van der Waals surface area contributed by atoms with Crippen molar-refractivity contribution in [2.24, 2.45) is 0 Å². The van der Waals surface area contributed by atoms with Crippen LogP contribution in [0, 0.1) is 0 Å². The minimum absolute atomic E-state index is 0.424. The largest absolute Gasteiger partial charge is 0.384 e. The normalized spacial score (nSPS) is 12.6. The third-order valence-corrected chi connectivity index (χ3v) is 2.56. The van der Waals surface area contributed by atoms with E-state index in [4.69, 9.17) is 5.73 Å². The van der Waals surface area contributed by atoms with Crippen LogP contribution in [0.25, 0.3) is 0 Å². The summed E-state index contributed by atoms with van der Waals surface area (Å²) in [6, 6.07) is 12.2. The van der Waals surface area contributed by atoms with Gasteiger partial charge in [0.1, 0.15) is 5.82 Å². The van der Waals surface area contributed by atoms with Gasteiger partial charge in [0.05, 0.1) is 6.20 Å². The molecule has 3 heteroatoms. The van der Waals surface area contributed by atoms with Gasteiger partial charge in [0.2, 0.25) is 0 Å². The zero-order valence-corrected chi connectivity index (χ0v) is 8.80. The van der Waals surface area contributed by atoms with Gasteiger partial charge in [-0.3, -0.25) is 0 Å². The first-order valence-corrected chi connectivity index (χ1v) is 5.09. The number of nitrogens with two attached hydrogens (primary N) is 1. The minimum atomic E-state index is 0.424. The third-order valence-electron chi connectivity index (χ3n) is 2.56. The fourth-order valence-corrected chi connectivity index (χ4v) is 1.64. The fraction of sp³-hybridized carbons (Fsp3) is 0.250. The summed E-state index contributed by atoms with van der Waals surface area (Å²) in [5, 5.41) is 4.17. The van der Waals surface area contributed by atoms with Crippen LogP contribution in [0.1, 0.15) is 18.4 Å². The molecule has 1 atom stereocenters. The quantitative estimate of drug-likeness (QED) is 0.827. The molecule has 0 aliphatic carbocycles. The molecular weight excluding hydrogens is 186 g/mol. The molecule has 0 aliphatic heterocycles. The third kappa shape index (κ3) is 2.18. The maximum Gasteiger partial charge on any atom is 0.121 e. The lowest BCUT2D eigenvalue weighted by atomic mass is 10.0. The molecule has 0 saturated carbocycles. The van der Waals surface area contributed by atoms with Crippen LogP contribution in [0.4, 0.5) is 5.82 Å². The summed E-state index contributed by atoms with van der Waals surface area (Å²) in [5.74, 6) is 1.14. The van der Waals surface area contributed by atoms with Crippen molar-refractivity contribution >= 4 is 5.82 Å². The van der Waals surface area contributed by atoms with Crippen molar-refractivity contribution in [1.82, 2.24) is 9.78 Å². The van der Waals surface area contributed by atoms with E-state index >= 15 is 0 Å². The van der Waals surface area contributed by atoms with Gasteiger partial charge < -0.3 is 5.73 Å². The predicted molar refractivity (Wildman–Crippen MR) is 61.5 cm³/mol. The molecule has 0 bridgehead atoms. The van der Waals surface area contributed by atoms with E-state index in [-0.39, 0.29) is 0 Å². The van der Waals surface area contributed by atoms with Gasteiger partial charge in [-0.1, -0.05) is 37.3 Å². The second-order valence-corrected chi connectivity index (χ2v) is 3.75. The second-order valence-electron chi connectivity index (χ2n) is 3.75. The van der Waals surface area contributed by atoms with Crippen molar-refractivity contribution in [2.45, 2.75) is 19.4 Å². The van der Waals surface area contributed by atoms with Gasteiger partial charge >= 0.3 is 0 Å². The molecule has 2 rings (SSSR count). The van der Waals surface area contributed by atoms with Crippen molar-refractivity contribution in [3.63, 3.8) is 0 Å². The highest BCUT2D eigenvalue weighted by atomic mass is 15.3. The van der Waals surface area contributed by atoms with Gasteiger partial charge in [-0.25, -0.2) is 4.68 Å². The molecule has 78 valence electrons. The zero-order valence-electron chi connectivity index (χ0n) is 8.80. The Morgan fingerprint density at radius 1 is 1.27 bits per heavy atom. The molecule has 2 aromatic rings. The first-order chi connectivity index (χ1) is 7.27. The topological polar surface area (TPSA) is 43.8 Å². The van der Waals surface area contributed by atoms with Gasteiger partial charge in [0.25, 0.3) is 0 Å². The summed E-state index contributed by atoms with van der Waals surface area (Å²) >= 11 is 0. The molecule has 0 saturated heterocycles. The maximum atomic E-state index is 5.77. The van der Waals surface area contributed by atoms with Crippen LogP contribution in [0.2, 0.25) is 0 Å². The van der Waals surface area contributed by atoms with E-state index in [0.29, 0.717) is 5.92 Å². The number of rotatable bonds is 3. The highest BCUT2D eigenvalue weighted by molar-refractivity contribution is 5.27. The SMILES string of the molecule is CC(Cn1nccc1N)c1ccccc1. The van der Waals surface area contributed by atoms with E-state index in [9.17, 15) is 0 Å². The van der Waals surface area contributed by atoms with E-state index in [2.05, 4.69) is 36.3 Å². The molecule has 1 aromatic heterocycles. The molecule has 1 heterocycles. The Balaban J connectivity index is 2.11. The molecule has 2 N–H and O–H groups in total. The lowest BCUT2D eigenvalue weighted by Gasteiger charge is -2.12. The van der Waals surface area contributed by atoms with Crippen LogP contribution < -0.4 is 5.73 Å². The Morgan fingerprint density at radius 3 is 2.60 bits per heavy atom. The molecule has 0 amide bonds. The number of nitrogens with zero attached hydrogens (tertiary/aromatic N) is 2. The van der Waals surface area contributed by atoms with E-state index in [0.717, 1.165) is 12.4 Å². The predicted octanol–water partition coefficient (Wildman–Crippen LogP) is 2.27. The summed E-state index contributed by atoms with van der Waals surface area (Å²) in [4.78, 5) is 0. The van der Waals surface area contributed by atoms with Gasteiger partial charge in [-0.05, 0) is 11.6 Å². The van der Waals surface area contributed by atoms with Crippen LogP contribution in [-0.2, 0) is 6.54 Å². The summed E-state index contributed by atoms with van der Waals surface area (Å²) in [6.07, 6.45) is 1.73. The number of nitrogen functional groups attached to an aromatic ring is 1. The molecule has 1 aromatic carbocycles. The lowest BCUT2D eigenvalue weighted by Crippen LogP contribution is -2.10. The Bertz CT molecular complexity index is 419. The van der Waals surface area contributed by atoms with Crippen molar-refractivity contribution < 1.29 is 0 Å². The molecule has 0 fully saturated rings. The number of anilines is 1. The average molecular weight is 201 g/mol. The van der Waals surface area contributed by atoms with E-state index in [1.807, 2.05) is 16.8 Å². The van der Waals surface area contributed by atoms with Crippen LogP contribution >= 0.6 is 0 Å².